The first-order valence-electron chi connectivity index (χ1n) is 8.85. The number of nitrogens with zero attached hydrogens (tertiary/aromatic N) is 6. The summed E-state index contributed by atoms with van der Waals surface area (Å²) in [4.78, 5) is 20.0. The van der Waals surface area contributed by atoms with Crippen molar-refractivity contribution in [3.63, 3.8) is 0 Å². The van der Waals surface area contributed by atoms with Gasteiger partial charge in [-0.25, -0.2) is 4.68 Å². The zero-order chi connectivity index (χ0) is 21.1. The summed E-state index contributed by atoms with van der Waals surface area (Å²) < 4.78 is 41.3. The van der Waals surface area contributed by atoms with Gasteiger partial charge in [-0.1, -0.05) is 6.08 Å². The molecule has 0 aromatic carbocycles. The predicted molar refractivity (Wildman–Crippen MR) is 102 cm³/mol. The first-order chi connectivity index (χ1) is 14.4. The van der Waals surface area contributed by atoms with Crippen molar-refractivity contribution in [1.29, 1.82) is 0 Å². The van der Waals surface area contributed by atoms with Gasteiger partial charge >= 0.3 is 6.18 Å². The number of nitrogens with one attached hydrogen (secondary N) is 1. The van der Waals surface area contributed by atoms with Crippen LogP contribution in [0.2, 0.25) is 0 Å². The van der Waals surface area contributed by atoms with Crippen LogP contribution in [0.3, 0.4) is 0 Å². The summed E-state index contributed by atoms with van der Waals surface area (Å²) in [5.41, 5.74) is 0.0250. The minimum absolute atomic E-state index is 0.0867. The van der Waals surface area contributed by atoms with E-state index in [9.17, 15) is 18.0 Å². The maximum absolute atomic E-state index is 13.5. The molecule has 1 aliphatic heterocycles. The van der Waals surface area contributed by atoms with Crippen molar-refractivity contribution in [3.05, 3.63) is 65.8 Å². The minimum Gasteiger partial charge on any atom is -0.305 e. The molecular weight excluding hydrogens is 399 g/mol. The molecule has 0 aliphatic carbocycles. The minimum atomic E-state index is -4.65. The maximum atomic E-state index is 13.5. The SMILES string of the molecule is O=C(Nc1ccc(-n2nc(C3=CCCN=C3)cc2C(F)(F)F)nn1)c1ccncc1. The highest BCUT2D eigenvalue weighted by Gasteiger charge is 2.37. The number of anilines is 1. The second kappa shape index (κ2) is 7.85. The van der Waals surface area contributed by atoms with Crippen LogP contribution in [0.4, 0.5) is 19.0 Å². The average molecular weight is 413 g/mol. The molecule has 152 valence electrons. The summed E-state index contributed by atoms with van der Waals surface area (Å²) in [6.45, 7) is 0.592. The van der Waals surface area contributed by atoms with Gasteiger partial charge in [0.05, 0.1) is 5.69 Å². The molecule has 1 aliphatic rings. The van der Waals surface area contributed by atoms with Crippen LogP contribution in [0.15, 0.2) is 53.8 Å². The Morgan fingerprint density at radius 3 is 2.53 bits per heavy atom. The number of aromatic nitrogens is 5. The third kappa shape index (κ3) is 4.09. The molecule has 4 heterocycles. The number of rotatable bonds is 4. The van der Waals surface area contributed by atoms with Crippen LogP contribution in [0.25, 0.3) is 11.4 Å². The van der Waals surface area contributed by atoms with E-state index in [0.29, 0.717) is 28.8 Å². The molecule has 8 nitrogen and oxygen atoms in total. The van der Waals surface area contributed by atoms with E-state index in [-0.39, 0.29) is 17.3 Å². The third-order valence-electron chi connectivity index (χ3n) is 4.20. The molecule has 0 bridgehead atoms. The molecule has 0 spiro atoms. The quantitative estimate of drug-likeness (QED) is 0.709. The normalized spacial score (nSPS) is 13.8. The number of allylic oxidation sites excluding steroid dienone is 1. The van der Waals surface area contributed by atoms with Crippen LogP contribution in [-0.2, 0) is 6.18 Å². The molecule has 30 heavy (non-hydrogen) atoms. The fraction of sp³-hybridized carbons (Fsp3) is 0.158. The number of pyridine rings is 1. The summed E-state index contributed by atoms with van der Waals surface area (Å²) in [7, 11) is 0. The van der Waals surface area contributed by atoms with E-state index in [1.165, 1.54) is 42.9 Å². The van der Waals surface area contributed by atoms with Gasteiger partial charge in [-0.15, -0.1) is 10.2 Å². The van der Waals surface area contributed by atoms with Crippen LogP contribution in [0.1, 0.15) is 28.2 Å². The van der Waals surface area contributed by atoms with Crippen LogP contribution < -0.4 is 5.32 Å². The van der Waals surface area contributed by atoms with Gasteiger partial charge in [0, 0.05) is 36.3 Å². The predicted octanol–water partition coefficient (Wildman–Crippen LogP) is 3.19. The summed E-state index contributed by atoms with van der Waals surface area (Å²) in [5.74, 6) is -0.493. The fourth-order valence-electron chi connectivity index (χ4n) is 2.78. The van der Waals surface area contributed by atoms with Crippen molar-refractivity contribution < 1.29 is 18.0 Å². The number of halogens is 3. The Morgan fingerprint density at radius 1 is 1.10 bits per heavy atom. The fourth-order valence-corrected chi connectivity index (χ4v) is 2.78. The summed E-state index contributed by atoms with van der Waals surface area (Å²) >= 11 is 0. The van der Waals surface area contributed by atoms with E-state index in [1.807, 2.05) is 0 Å². The molecule has 0 saturated heterocycles. The molecule has 0 radical (unpaired) electrons. The Morgan fingerprint density at radius 2 is 1.90 bits per heavy atom. The number of alkyl halides is 3. The van der Waals surface area contributed by atoms with Gasteiger partial charge in [0.25, 0.3) is 5.91 Å². The number of hydrogen-bond acceptors (Lipinski definition) is 6. The average Bonchev–Trinajstić information content (AvgIpc) is 3.22. The number of dihydropyridines is 1. The van der Waals surface area contributed by atoms with Crippen molar-refractivity contribution in [3.8, 4) is 5.82 Å². The molecular formula is C19H14F3N7O. The smallest absolute Gasteiger partial charge is 0.305 e. The number of hydrogen-bond donors (Lipinski definition) is 1. The molecule has 0 saturated carbocycles. The summed E-state index contributed by atoms with van der Waals surface area (Å²) in [6, 6.07) is 6.63. The zero-order valence-corrected chi connectivity index (χ0v) is 15.3. The lowest BCUT2D eigenvalue weighted by atomic mass is 10.1. The standard InChI is InChI=1S/C19H14F3N7O/c20-19(21,22)15-10-14(13-2-1-7-24-11-13)28-29(15)17-4-3-16(26-27-17)25-18(30)12-5-8-23-9-6-12/h2-6,8-11H,1,7H2,(H,25,26,30). The van der Waals surface area contributed by atoms with Gasteiger partial charge < -0.3 is 5.32 Å². The summed E-state index contributed by atoms with van der Waals surface area (Å²) in [6.07, 6.45) is 2.19. The number of aliphatic imine (C=N–C) groups is 1. The lowest BCUT2D eigenvalue weighted by molar-refractivity contribution is -0.142. The molecule has 0 unspecified atom stereocenters. The van der Waals surface area contributed by atoms with Crippen LogP contribution in [0, 0.1) is 0 Å². The third-order valence-corrected chi connectivity index (χ3v) is 4.20. The lowest BCUT2D eigenvalue weighted by Gasteiger charge is -2.09. The van der Waals surface area contributed by atoms with Crippen molar-refractivity contribution in [2.45, 2.75) is 12.6 Å². The molecule has 11 heteroatoms. The van der Waals surface area contributed by atoms with Gasteiger partial charge in [0.15, 0.2) is 17.3 Å². The van der Waals surface area contributed by atoms with Crippen molar-refractivity contribution in [2.75, 3.05) is 11.9 Å². The summed E-state index contributed by atoms with van der Waals surface area (Å²) in [5, 5.41) is 14.2. The molecule has 1 amide bonds. The number of carbonyl (C=O) groups excluding carboxylic acids is 1. The van der Waals surface area contributed by atoms with Crippen molar-refractivity contribution >= 4 is 23.5 Å². The van der Waals surface area contributed by atoms with Crippen LogP contribution in [-0.4, -0.2) is 43.6 Å². The van der Waals surface area contributed by atoms with E-state index >= 15 is 0 Å². The monoisotopic (exact) mass is 413 g/mol. The molecule has 4 rings (SSSR count). The van der Waals surface area contributed by atoms with Crippen LogP contribution >= 0.6 is 0 Å². The first kappa shape index (κ1) is 19.4. The molecule has 3 aromatic rings. The Labute approximate surface area is 168 Å². The molecule has 0 fully saturated rings. The highest BCUT2D eigenvalue weighted by atomic mass is 19.4. The van der Waals surface area contributed by atoms with Crippen molar-refractivity contribution in [2.24, 2.45) is 4.99 Å². The second-order valence-electron chi connectivity index (χ2n) is 6.27. The van der Waals surface area contributed by atoms with Gasteiger partial charge in [-0.2, -0.15) is 18.3 Å². The Kier molecular flexibility index (Phi) is 5.09. The number of amides is 1. The second-order valence-corrected chi connectivity index (χ2v) is 6.27. The van der Waals surface area contributed by atoms with Gasteiger partial charge in [0.1, 0.15) is 0 Å². The maximum Gasteiger partial charge on any atom is 0.433 e. The van der Waals surface area contributed by atoms with E-state index in [2.05, 4.69) is 30.6 Å². The Bertz CT molecular complexity index is 1120. The van der Waals surface area contributed by atoms with Gasteiger partial charge in [-0.05, 0) is 36.8 Å². The van der Waals surface area contributed by atoms with Crippen molar-refractivity contribution in [1.82, 2.24) is 25.0 Å². The molecule has 1 N–H and O–H groups in total. The lowest BCUT2D eigenvalue weighted by Crippen LogP contribution is -2.16. The first-order valence-corrected chi connectivity index (χ1v) is 8.85. The highest BCUT2D eigenvalue weighted by Crippen LogP contribution is 2.32. The van der Waals surface area contributed by atoms with E-state index in [1.54, 1.807) is 6.08 Å². The molecule has 0 atom stereocenters. The molecule has 3 aromatic heterocycles. The highest BCUT2D eigenvalue weighted by molar-refractivity contribution is 6.09. The van der Waals surface area contributed by atoms with E-state index < -0.39 is 17.8 Å². The Balaban J connectivity index is 1.62. The van der Waals surface area contributed by atoms with Gasteiger partial charge in [0.2, 0.25) is 0 Å². The largest absolute Gasteiger partial charge is 0.433 e. The van der Waals surface area contributed by atoms with E-state index in [0.717, 1.165) is 6.07 Å². The topological polar surface area (TPSA) is 98.0 Å². The van der Waals surface area contributed by atoms with E-state index in [4.69, 9.17) is 0 Å². The number of carbonyl (C=O) groups is 1. The zero-order valence-electron chi connectivity index (χ0n) is 15.3. The Hall–Kier alpha value is -3.89. The van der Waals surface area contributed by atoms with Crippen LogP contribution in [0.5, 0.6) is 0 Å². The van der Waals surface area contributed by atoms with Gasteiger partial charge in [-0.3, -0.25) is 14.8 Å².